The van der Waals surface area contributed by atoms with Gasteiger partial charge in [0.2, 0.25) is 0 Å². The molecule has 0 aliphatic carbocycles. The van der Waals surface area contributed by atoms with Gasteiger partial charge < -0.3 is 0 Å². The van der Waals surface area contributed by atoms with Crippen LogP contribution < -0.4 is 0 Å². The molecule has 0 radical (unpaired) electrons. The Bertz CT molecular complexity index is 3850. The molecule has 0 aliphatic rings. The van der Waals surface area contributed by atoms with E-state index >= 15 is 0 Å². The van der Waals surface area contributed by atoms with Crippen LogP contribution in [0.15, 0.2) is 170 Å². The fraction of sp³-hybridized carbons (Fsp3) is 0.0357. The molecular weight excluding hydrogens is 701 g/mol. The van der Waals surface area contributed by atoms with Crippen molar-refractivity contribution in [1.29, 1.82) is 0 Å². The Balaban J connectivity index is 1.33. The SMILES string of the molecule is Cc1cccc(C)c1-c1ccc2c3c(-c4ccc5ccccc5n4)c4c(cc5c6ccccc6c6cccc4c65)c(-c4ccc5ccccc5n4)c3c3cccc1c32. The highest BCUT2D eigenvalue weighted by atomic mass is 14.7. The van der Waals surface area contributed by atoms with Crippen molar-refractivity contribution in [3.8, 4) is 33.6 Å². The lowest BCUT2D eigenvalue weighted by atomic mass is 9.85. The Morgan fingerprint density at radius 1 is 0.293 bits per heavy atom. The summed E-state index contributed by atoms with van der Waals surface area (Å²) in [5, 5.41) is 19.9. The Labute approximate surface area is 334 Å². The van der Waals surface area contributed by atoms with Crippen molar-refractivity contribution < 1.29 is 0 Å². The summed E-state index contributed by atoms with van der Waals surface area (Å²) in [6, 6.07) is 62.5. The molecule has 2 nitrogen and oxygen atoms in total. The van der Waals surface area contributed by atoms with Crippen molar-refractivity contribution in [2.24, 2.45) is 0 Å². The largest absolute Gasteiger partial charge is 0.248 e. The van der Waals surface area contributed by atoms with Crippen LogP contribution in [0.3, 0.4) is 0 Å². The molecule has 0 aliphatic heterocycles. The number of para-hydroxylation sites is 2. The number of hydrogen-bond acceptors (Lipinski definition) is 2. The minimum atomic E-state index is 0.978. The van der Waals surface area contributed by atoms with Crippen molar-refractivity contribution in [1.82, 2.24) is 9.97 Å². The van der Waals surface area contributed by atoms with Gasteiger partial charge in [-0.05, 0) is 126 Å². The van der Waals surface area contributed by atoms with E-state index in [9.17, 15) is 0 Å². The molecule has 268 valence electrons. The van der Waals surface area contributed by atoms with Crippen LogP contribution in [0, 0.1) is 13.8 Å². The van der Waals surface area contributed by atoms with Gasteiger partial charge in [-0.3, -0.25) is 0 Å². The van der Waals surface area contributed by atoms with Gasteiger partial charge in [-0.1, -0.05) is 140 Å². The summed E-state index contributed by atoms with van der Waals surface area (Å²) in [6.07, 6.45) is 0. The Morgan fingerprint density at radius 3 is 1.50 bits per heavy atom. The third-order valence-electron chi connectivity index (χ3n) is 13.0. The molecule has 0 spiro atoms. The molecule has 0 fully saturated rings. The highest BCUT2D eigenvalue weighted by molar-refractivity contribution is 6.45. The zero-order valence-corrected chi connectivity index (χ0v) is 32.1. The summed E-state index contributed by atoms with van der Waals surface area (Å²) in [6.45, 7) is 4.47. The van der Waals surface area contributed by atoms with E-state index in [1.54, 1.807) is 0 Å². The van der Waals surface area contributed by atoms with Crippen LogP contribution in [0.4, 0.5) is 0 Å². The lowest BCUT2D eigenvalue weighted by Gasteiger charge is -2.18. The van der Waals surface area contributed by atoms with Crippen LogP contribution in [0.25, 0.3) is 131 Å². The molecule has 2 aromatic heterocycles. The first-order chi connectivity index (χ1) is 28.6. The quantitative estimate of drug-likeness (QED) is 0.169. The molecule has 0 amide bonds. The number of fused-ring (bicyclic) bond motifs is 10. The average molecular weight is 735 g/mol. The monoisotopic (exact) mass is 734 g/mol. The number of rotatable bonds is 3. The van der Waals surface area contributed by atoms with Gasteiger partial charge in [-0.2, -0.15) is 0 Å². The highest BCUT2D eigenvalue weighted by Gasteiger charge is 2.28. The van der Waals surface area contributed by atoms with Crippen molar-refractivity contribution in [3.63, 3.8) is 0 Å². The first-order valence-corrected chi connectivity index (χ1v) is 20.2. The molecule has 58 heavy (non-hydrogen) atoms. The molecule has 0 unspecified atom stereocenters. The van der Waals surface area contributed by atoms with E-state index in [2.05, 4.69) is 184 Å². The summed E-state index contributed by atoms with van der Waals surface area (Å²) in [5.74, 6) is 0. The smallest absolute Gasteiger partial charge is 0.0722 e. The third-order valence-corrected chi connectivity index (χ3v) is 13.0. The van der Waals surface area contributed by atoms with E-state index in [4.69, 9.17) is 9.97 Å². The van der Waals surface area contributed by atoms with E-state index < -0.39 is 0 Å². The topological polar surface area (TPSA) is 25.8 Å². The third kappa shape index (κ3) is 4.16. The summed E-state index contributed by atoms with van der Waals surface area (Å²) < 4.78 is 0. The summed E-state index contributed by atoms with van der Waals surface area (Å²) in [4.78, 5) is 11.0. The van der Waals surface area contributed by atoms with E-state index in [-0.39, 0.29) is 0 Å². The Kier molecular flexibility index (Phi) is 6.33. The van der Waals surface area contributed by atoms with Crippen molar-refractivity contribution >= 4 is 97.2 Å². The molecule has 13 rings (SSSR count). The maximum atomic E-state index is 5.52. The second-order valence-electron chi connectivity index (χ2n) is 16.1. The van der Waals surface area contributed by atoms with Gasteiger partial charge in [0.05, 0.1) is 22.4 Å². The summed E-state index contributed by atoms with van der Waals surface area (Å²) >= 11 is 0. The lowest BCUT2D eigenvalue weighted by molar-refractivity contribution is 1.39. The molecule has 0 N–H and O–H groups in total. The zero-order valence-electron chi connectivity index (χ0n) is 32.1. The number of hydrogen-bond donors (Lipinski definition) is 0. The number of benzene rings is 9. The summed E-state index contributed by atoms with van der Waals surface area (Å²) in [7, 11) is 0. The molecule has 11 aromatic carbocycles. The number of nitrogens with zero attached hydrogens (tertiary/aromatic N) is 2. The van der Waals surface area contributed by atoms with E-state index in [0.29, 0.717) is 0 Å². The van der Waals surface area contributed by atoms with E-state index in [0.717, 1.165) is 33.2 Å². The Hall–Kier alpha value is -7.42. The highest BCUT2D eigenvalue weighted by Crippen LogP contribution is 2.55. The van der Waals surface area contributed by atoms with Crippen LogP contribution >= 0.6 is 0 Å². The van der Waals surface area contributed by atoms with E-state index in [1.165, 1.54) is 109 Å². The van der Waals surface area contributed by atoms with E-state index in [1.807, 2.05) is 0 Å². The second-order valence-corrected chi connectivity index (χ2v) is 16.1. The standard InChI is InChI=1S/C56H34N2/c1-31-12-9-13-32(2)49(31)39-26-27-42-50-38(39)19-11-21-41(50)54-53(47-28-24-33-14-3-7-22-45(33)57-47)44-30-43-36-17-6-5-16-35(36)37-18-10-20-40(51(37)43)52(44)56(55(42)54)48-29-25-34-15-4-8-23-46(34)58-48/h3-30H,1-2H3. The molecule has 13 aromatic rings. The minimum absolute atomic E-state index is 0.978. The van der Waals surface area contributed by atoms with Crippen molar-refractivity contribution in [3.05, 3.63) is 181 Å². The minimum Gasteiger partial charge on any atom is -0.248 e. The average Bonchev–Trinajstić information content (AvgIpc) is 3.77. The molecular formula is C56H34N2. The van der Waals surface area contributed by atoms with Gasteiger partial charge >= 0.3 is 0 Å². The van der Waals surface area contributed by atoms with Gasteiger partial charge in [0, 0.05) is 38.1 Å². The molecule has 0 saturated carbocycles. The van der Waals surface area contributed by atoms with Gasteiger partial charge in [0.15, 0.2) is 0 Å². The fourth-order valence-electron chi connectivity index (χ4n) is 10.6. The summed E-state index contributed by atoms with van der Waals surface area (Å²) in [5.41, 5.74) is 11.4. The van der Waals surface area contributed by atoms with Crippen LogP contribution in [-0.4, -0.2) is 9.97 Å². The second kappa shape index (κ2) is 11.6. The Morgan fingerprint density at radius 2 is 0.793 bits per heavy atom. The van der Waals surface area contributed by atoms with Crippen LogP contribution in [0.2, 0.25) is 0 Å². The normalized spacial score (nSPS) is 12.3. The van der Waals surface area contributed by atoms with Crippen molar-refractivity contribution in [2.45, 2.75) is 13.8 Å². The molecule has 0 bridgehead atoms. The maximum absolute atomic E-state index is 5.52. The zero-order chi connectivity index (χ0) is 38.2. The first kappa shape index (κ1) is 31.7. The van der Waals surface area contributed by atoms with Gasteiger partial charge in [-0.15, -0.1) is 0 Å². The van der Waals surface area contributed by atoms with Gasteiger partial charge in [0.25, 0.3) is 0 Å². The predicted molar refractivity (Wildman–Crippen MR) is 248 cm³/mol. The molecule has 0 atom stereocenters. The maximum Gasteiger partial charge on any atom is 0.0722 e. The van der Waals surface area contributed by atoms with Gasteiger partial charge in [-0.25, -0.2) is 9.97 Å². The van der Waals surface area contributed by atoms with Crippen LogP contribution in [-0.2, 0) is 0 Å². The number of aromatic nitrogens is 2. The molecule has 2 heteroatoms. The molecule has 2 heterocycles. The van der Waals surface area contributed by atoms with Crippen LogP contribution in [0.1, 0.15) is 11.1 Å². The van der Waals surface area contributed by atoms with Gasteiger partial charge in [0.1, 0.15) is 0 Å². The predicted octanol–water partition coefficient (Wildman–Crippen LogP) is 15.3. The molecule has 0 saturated heterocycles. The fourth-order valence-corrected chi connectivity index (χ4v) is 10.6. The lowest BCUT2D eigenvalue weighted by Crippen LogP contribution is -1.94. The number of pyridine rings is 2. The van der Waals surface area contributed by atoms with Crippen LogP contribution in [0.5, 0.6) is 0 Å². The van der Waals surface area contributed by atoms with Crippen molar-refractivity contribution in [2.75, 3.05) is 0 Å². The number of aryl methyl sites for hydroxylation is 2. The first-order valence-electron chi connectivity index (χ1n) is 20.2.